The van der Waals surface area contributed by atoms with Crippen molar-refractivity contribution in [1.29, 1.82) is 0 Å². The second kappa shape index (κ2) is 6.02. The average Bonchev–Trinajstić information content (AvgIpc) is 2.49. The van der Waals surface area contributed by atoms with Gasteiger partial charge in [0.05, 0.1) is 5.02 Å². The minimum Gasteiger partial charge on any atom is -0.476 e. The lowest BCUT2D eigenvalue weighted by Crippen LogP contribution is -2.33. The van der Waals surface area contributed by atoms with Gasteiger partial charge in [-0.3, -0.25) is 0 Å². The molecule has 126 valence electrons. The molecule has 0 saturated carbocycles. The predicted octanol–water partition coefficient (Wildman–Crippen LogP) is 5.92. The molecule has 0 fully saturated rings. The maximum atomic E-state index is 13.1. The Morgan fingerprint density at radius 1 is 1.12 bits per heavy atom. The summed E-state index contributed by atoms with van der Waals surface area (Å²) in [4.78, 5) is 0. The third-order valence-electron chi connectivity index (χ3n) is 3.45. The first-order valence-corrected chi connectivity index (χ1v) is 7.31. The number of fused-ring (bicyclic) bond motifs is 1. The van der Waals surface area contributed by atoms with Gasteiger partial charge in [0.2, 0.25) is 6.10 Å². The lowest BCUT2D eigenvalue weighted by Gasteiger charge is -2.24. The van der Waals surface area contributed by atoms with Gasteiger partial charge in [0.25, 0.3) is 0 Å². The Morgan fingerprint density at radius 3 is 2.54 bits per heavy atom. The Morgan fingerprint density at radius 2 is 1.88 bits per heavy atom. The number of rotatable bonds is 2. The molecule has 7 heteroatoms. The number of hydrogen-bond donors (Lipinski definition) is 0. The Kier molecular flexibility index (Phi) is 4.17. The van der Waals surface area contributed by atoms with Gasteiger partial charge in [0.1, 0.15) is 23.1 Å². The largest absolute Gasteiger partial charge is 0.476 e. The standard InChI is InChI=1S/C17H11ClF4O2/c1-9-6-11(19)3-4-13(9)23-15-8-14-10(7-12(15)18)2-5-16(24-14)17(20,21)22/h2-8,16H,1H3/t16-/m1/s1. The van der Waals surface area contributed by atoms with Crippen LogP contribution >= 0.6 is 11.6 Å². The highest BCUT2D eigenvalue weighted by atomic mass is 35.5. The van der Waals surface area contributed by atoms with Gasteiger partial charge in [0.15, 0.2) is 0 Å². The van der Waals surface area contributed by atoms with E-state index in [4.69, 9.17) is 21.1 Å². The molecule has 0 bridgehead atoms. The molecule has 0 amide bonds. The molecular formula is C17H11ClF4O2. The first kappa shape index (κ1) is 16.6. The van der Waals surface area contributed by atoms with Crippen molar-refractivity contribution in [2.75, 3.05) is 0 Å². The maximum absolute atomic E-state index is 13.1. The van der Waals surface area contributed by atoms with Gasteiger partial charge in [-0.25, -0.2) is 4.39 Å². The Labute approximate surface area is 140 Å². The van der Waals surface area contributed by atoms with Crippen LogP contribution in [0.3, 0.4) is 0 Å². The summed E-state index contributed by atoms with van der Waals surface area (Å²) < 4.78 is 62.0. The normalized spacial score (nSPS) is 16.5. The molecule has 2 aromatic carbocycles. The molecule has 0 spiro atoms. The fraction of sp³-hybridized carbons (Fsp3) is 0.176. The topological polar surface area (TPSA) is 18.5 Å². The van der Waals surface area contributed by atoms with Crippen LogP contribution in [0.2, 0.25) is 5.02 Å². The SMILES string of the molecule is Cc1cc(F)ccc1Oc1cc2c(cc1Cl)C=C[C@H](C(F)(F)F)O2. The Bertz CT molecular complexity index is 815. The summed E-state index contributed by atoms with van der Waals surface area (Å²) in [5.74, 6) is 0.0650. The van der Waals surface area contributed by atoms with Crippen LogP contribution in [0.1, 0.15) is 11.1 Å². The van der Waals surface area contributed by atoms with Crippen LogP contribution < -0.4 is 9.47 Å². The van der Waals surface area contributed by atoms with Gasteiger partial charge in [-0.2, -0.15) is 13.2 Å². The van der Waals surface area contributed by atoms with Crippen molar-refractivity contribution < 1.29 is 27.0 Å². The van der Waals surface area contributed by atoms with Crippen LogP contribution in [0.15, 0.2) is 36.4 Å². The highest BCUT2D eigenvalue weighted by Crippen LogP contribution is 2.40. The number of ether oxygens (including phenoxy) is 2. The van der Waals surface area contributed by atoms with Crippen LogP contribution in [0.4, 0.5) is 17.6 Å². The van der Waals surface area contributed by atoms with Crippen molar-refractivity contribution in [3.63, 3.8) is 0 Å². The monoisotopic (exact) mass is 358 g/mol. The molecule has 3 rings (SSSR count). The van der Waals surface area contributed by atoms with Crippen LogP contribution in [0.5, 0.6) is 17.2 Å². The van der Waals surface area contributed by atoms with Crippen LogP contribution in [-0.2, 0) is 0 Å². The lowest BCUT2D eigenvalue weighted by atomic mass is 10.1. The van der Waals surface area contributed by atoms with Crippen molar-refractivity contribution in [1.82, 2.24) is 0 Å². The van der Waals surface area contributed by atoms with Crippen molar-refractivity contribution in [2.24, 2.45) is 0 Å². The maximum Gasteiger partial charge on any atom is 0.429 e. The van der Waals surface area contributed by atoms with Crippen molar-refractivity contribution in [2.45, 2.75) is 19.2 Å². The summed E-state index contributed by atoms with van der Waals surface area (Å²) in [6.45, 7) is 1.64. The van der Waals surface area contributed by atoms with E-state index in [0.29, 0.717) is 16.9 Å². The number of halogens is 5. The van der Waals surface area contributed by atoms with Gasteiger partial charge >= 0.3 is 6.18 Å². The molecule has 0 N–H and O–H groups in total. The number of benzene rings is 2. The third-order valence-corrected chi connectivity index (χ3v) is 3.74. The van der Waals surface area contributed by atoms with Crippen LogP contribution in [0, 0.1) is 12.7 Å². The van der Waals surface area contributed by atoms with Gasteiger partial charge in [-0.05, 0) is 42.8 Å². The number of alkyl halides is 3. The first-order valence-electron chi connectivity index (χ1n) is 6.93. The molecule has 1 heterocycles. The van der Waals surface area contributed by atoms with E-state index in [1.54, 1.807) is 6.92 Å². The van der Waals surface area contributed by atoms with Crippen molar-refractivity contribution >= 4 is 17.7 Å². The van der Waals surface area contributed by atoms with E-state index in [1.165, 1.54) is 36.4 Å². The predicted molar refractivity (Wildman–Crippen MR) is 82.2 cm³/mol. The van der Waals surface area contributed by atoms with Gasteiger partial charge in [-0.1, -0.05) is 17.7 Å². The van der Waals surface area contributed by atoms with E-state index in [-0.39, 0.29) is 16.5 Å². The zero-order valence-electron chi connectivity index (χ0n) is 12.3. The quantitative estimate of drug-likeness (QED) is 0.621. The van der Waals surface area contributed by atoms with Crippen molar-refractivity contribution in [3.8, 4) is 17.2 Å². The van der Waals surface area contributed by atoms with E-state index >= 15 is 0 Å². The second-order valence-electron chi connectivity index (χ2n) is 5.27. The molecule has 2 aromatic rings. The summed E-state index contributed by atoms with van der Waals surface area (Å²) in [6, 6.07) is 6.66. The number of hydrogen-bond acceptors (Lipinski definition) is 2. The molecule has 0 saturated heterocycles. The average molecular weight is 359 g/mol. The molecule has 0 aliphatic carbocycles. The molecule has 0 unspecified atom stereocenters. The van der Waals surface area contributed by atoms with E-state index in [1.807, 2.05) is 0 Å². The van der Waals surface area contributed by atoms with Crippen LogP contribution in [0.25, 0.3) is 6.08 Å². The van der Waals surface area contributed by atoms with Crippen molar-refractivity contribution in [3.05, 3.63) is 58.4 Å². The Hall–Kier alpha value is -2.21. The molecule has 2 nitrogen and oxygen atoms in total. The summed E-state index contributed by atoms with van der Waals surface area (Å²) in [5.41, 5.74) is 0.946. The third kappa shape index (κ3) is 3.33. The van der Waals surface area contributed by atoms with E-state index in [2.05, 4.69) is 0 Å². The summed E-state index contributed by atoms with van der Waals surface area (Å²) >= 11 is 6.11. The molecule has 24 heavy (non-hydrogen) atoms. The van der Waals surface area contributed by atoms with Gasteiger partial charge in [-0.15, -0.1) is 0 Å². The van der Waals surface area contributed by atoms with Crippen LogP contribution in [-0.4, -0.2) is 12.3 Å². The molecule has 0 radical (unpaired) electrons. The Balaban J connectivity index is 1.93. The molecule has 1 atom stereocenters. The van der Waals surface area contributed by atoms with Gasteiger partial charge in [0, 0.05) is 11.6 Å². The molecule has 1 aliphatic rings. The first-order chi connectivity index (χ1) is 11.2. The van der Waals surface area contributed by atoms with E-state index < -0.39 is 18.1 Å². The summed E-state index contributed by atoms with van der Waals surface area (Å²) in [6.07, 6.45) is -4.31. The second-order valence-corrected chi connectivity index (χ2v) is 5.68. The van der Waals surface area contributed by atoms with Gasteiger partial charge < -0.3 is 9.47 Å². The number of aryl methyl sites for hydroxylation is 1. The fourth-order valence-corrected chi connectivity index (χ4v) is 2.46. The van der Waals surface area contributed by atoms with E-state index in [0.717, 1.165) is 6.08 Å². The summed E-state index contributed by atoms with van der Waals surface area (Å²) in [7, 11) is 0. The zero-order chi connectivity index (χ0) is 17.5. The molecule has 1 aliphatic heterocycles. The highest BCUT2D eigenvalue weighted by molar-refractivity contribution is 6.32. The minimum absolute atomic E-state index is 0.0130. The van der Waals surface area contributed by atoms with E-state index in [9.17, 15) is 17.6 Å². The fourth-order valence-electron chi connectivity index (χ4n) is 2.25. The lowest BCUT2D eigenvalue weighted by molar-refractivity contribution is -0.180. The highest BCUT2D eigenvalue weighted by Gasteiger charge is 2.41. The molecule has 0 aromatic heterocycles. The summed E-state index contributed by atoms with van der Waals surface area (Å²) in [5, 5.41) is 0.205. The minimum atomic E-state index is -4.51. The smallest absolute Gasteiger partial charge is 0.429 e. The molecular weight excluding hydrogens is 348 g/mol. The zero-order valence-corrected chi connectivity index (χ0v) is 13.1.